The molecule has 2 rings (SSSR count). The molecule has 1 aliphatic heterocycles. The van der Waals surface area contributed by atoms with Crippen LogP contribution in [-0.2, 0) is 0 Å². The van der Waals surface area contributed by atoms with Crippen LogP contribution in [0.15, 0.2) is 29.3 Å². The molecule has 2 N–H and O–H groups in total. The molecule has 1 heterocycles. The molecule has 0 bridgehead atoms. The Bertz CT molecular complexity index is 545. The Morgan fingerprint density at radius 2 is 1.85 bits per heavy atom. The van der Waals surface area contributed by atoms with Crippen molar-refractivity contribution in [1.29, 1.82) is 0 Å². The Balaban J connectivity index is 0.00000338. The zero-order chi connectivity index (χ0) is 18.2. The van der Waals surface area contributed by atoms with E-state index in [1.807, 2.05) is 6.92 Å². The summed E-state index contributed by atoms with van der Waals surface area (Å²) in [7, 11) is 1.78. The zero-order valence-electron chi connectivity index (χ0n) is 16.2. The normalized spacial score (nSPS) is 17.5. The van der Waals surface area contributed by atoms with Crippen molar-refractivity contribution in [2.45, 2.75) is 51.8 Å². The van der Waals surface area contributed by atoms with Crippen molar-refractivity contribution in [3.8, 4) is 5.75 Å². The Morgan fingerprint density at radius 1 is 1.23 bits per heavy atom. The second kappa shape index (κ2) is 11.6. The monoisotopic (exact) mass is 478 g/mol. The van der Waals surface area contributed by atoms with Gasteiger partial charge in [0.1, 0.15) is 17.7 Å². The number of benzene rings is 1. The molecule has 1 aromatic rings. The van der Waals surface area contributed by atoms with Gasteiger partial charge in [-0.1, -0.05) is 0 Å². The molecular weight excluding hydrogens is 446 g/mol. The maximum absolute atomic E-state index is 12.9. The minimum absolute atomic E-state index is 0. The van der Waals surface area contributed by atoms with Crippen LogP contribution in [-0.4, -0.2) is 55.7 Å². The SMILES string of the molecule is CN=C(NCC(C)Oc1ccc(F)cc1)NC1CCN(C(C)C)CC1.I. The Kier molecular flexibility index (Phi) is 10.2. The first-order chi connectivity index (χ1) is 12.0. The van der Waals surface area contributed by atoms with Gasteiger partial charge in [0.25, 0.3) is 0 Å². The predicted octanol–water partition coefficient (Wildman–Crippen LogP) is 3.25. The summed E-state index contributed by atoms with van der Waals surface area (Å²) >= 11 is 0. The van der Waals surface area contributed by atoms with Crippen LogP contribution in [0.4, 0.5) is 4.39 Å². The minimum Gasteiger partial charge on any atom is -0.489 e. The van der Waals surface area contributed by atoms with E-state index in [2.05, 4.69) is 34.4 Å². The summed E-state index contributed by atoms with van der Waals surface area (Å²) in [6, 6.07) is 7.15. The number of rotatable bonds is 6. The lowest BCUT2D eigenvalue weighted by molar-refractivity contribution is 0.167. The summed E-state index contributed by atoms with van der Waals surface area (Å²) in [5.74, 6) is 1.21. The van der Waals surface area contributed by atoms with Crippen LogP contribution < -0.4 is 15.4 Å². The van der Waals surface area contributed by atoms with Gasteiger partial charge < -0.3 is 20.3 Å². The molecule has 1 atom stereocenters. The van der Waals surface area contributed by atoms with E-state index < -0.39 is 0 Å². The average molecular weight is 478 g/mol. The molecule has 7 heteroatoms. The fourth-order valence-corrected chi connectivity index (χ4v) is 2.98. The Morgan fingerprint density at radius 3 is 2.38 bits per heavy atom. The topological polar surface area (TPSA) is 48.9 Å². The van der Waals surface area contributed by atoms with Crippen molar-refractivity contribution in [2.75, 3.05) is 26.7 Å². The highest BCUT2D eigenvalue weighted by Gasteiger charge is 2.21. The standard InChI is InChI=1S/C19H31FN4O.HI/c1-14(2)24-11-9-17(10-12-24)23-19(21-4)22-13-15(3)25-18-7-5-16(20)6-8-18;/h5-8,14-15,17H,9-13H2,1-4H3,(H2,21,22,23);1H. The van der Waals surface area contributed by atoms with E-state index in [0.29, 0.717) is 24.4 Å². The first-order valence-electron chi connectivity index (χ1n) is 9.11. The molecular formula is C19H32FIN4O. The molecule has 0 aromatic heterocycles. The third kappa shape index (κ3) is 7.65. The largest absolute Gasteiger partial charge is 0.489 e. The van der Waals surface area contributed by atoms with Gasteiger partial charge in [0.05, 0.1) is 6.54 Å². The summed E-state index contributed by atoms with van der Waals surface area (Å²) in [4.78, 5) is 6.81. The molecule has 1 aromatic carbocycles. The van der Waals surface area contributed by atoms with Crippen molar-refractivity contribution in [2.24, 2.45) is 4.99 Å². The first kappa shape index (κ1) is 23.0. The molecule has 5 nitrogen and oxygen atoms in total. The van der Waals surface area contributed by atoms with Crippen LogP contribution in [0.1, 0.15) is 33.6 Å². The Hall–Kier alpha value is -1.09. The van der Waals surface area contributed by atoms with Crippen LogP contribution in [0.5, 0.6) is 5.75 Å². The van der Waals surface area contributed by atoms with Gasteiger partial charge >= 0.3 is 0 Å². The van der Waals surface area contributed by atoms with Crippen molar-refractivity contribution < 1.29 is 9.13 Å². The fraction of sp³-hybridized carbons (Fsp3) is 0.632. The van der Waals surface area contributed by atoms with Gasteiger partial charge in [-0.3, -0.25) is 4.99 Å². The van der Waals surface area contributed by atoms with E-state index in [1.165, 1.54) is 12.1 Å². The highest BCUT2D eigenvalue weighted by atomic mass is 127. The number of hydrogen-bond donors (Lipinski definition) is 2. The van der Waals surface area contributed by atoms with Gasteiger partial charge in [-0.15, -0.1) is 24.0 Å². The molecule has 0 radical (unpaired) electrons. The summed E-state index contributed by atoms with van der Waals surface area (Å²) in [5.41, 5.74) is 0. The molecule has 0 aliphatic carbocycles. The third-order valence-electron chi connectivity index (χ3n) is 4.53. The van der Waals surface area contributed by atoms with Crippen LogP contribution in [0.3, 0.4) is 0 Å². The van der Waals surface area contributed by atoms with E-state index in [0.717, 1.165) is 31.9 Å². The highest BCUT2D eigenvalue weighted by Crippen LogP contribution is 2.14. The zero-order valence-corrected chi connectivity index (χ0v) is 18.5. The minimum atomic E-state index is -0.258. The summed E-state index contributed by atoms with van der Waals surface area (Å²) in [6.07, 6.45) is 2.20. The van der Waals surface area contributed by atoms with Gasteiger partial charge in [0.2, 0.25) is 0 Å². The number of aliphatic imine (C=N–C) groups is 1. The highest BCUT2D eigenvalue weighted by molar-refractivity contribution is 14.0. The van der Waals surface area contributed by atoms with E-state index in [4.69, 9.17) is 4.74 Å². The smallest absolute Gasteiger partial charge is 0.191 e. The van der Waals surface area contributed by atoms with Crippen LogP contribution in [0, 0.1) is 5.82 Å². The maximum Gasteiger partial charge on any atom is 0.191 e. The molecule has 148 valence electrons. The summed E-state index contributed by atoms with van der Waals surface area (Å²) in [6.45, 7) is 9.34. The number of halogens is 2. The fourth-order valence-electron chi connectivity index (χ4n) is 2.98. The second-order valence-corrected chi connectivity index (χ2v) is 6.88. The first-order valence-corrected chi connectivity index (χ1v) is 9.11. The maximum atomic E-state index is 12.9. The number of piperidine rings is 1. The summed E-state index contributed by atoms with van der Waals surface area (Å²) < 4.78 is 18.7. The van der Waals surface area contributed by atoms with Gasteiger partial charge in [0, 0.05) is 32.2 Å². The molecule has 26 heavy (non-hydrogen) atoms. The second-order valence-electron chi connectivity index (χ2n) is 6.88. The predicted molar refractivity (Wildman–Crippen MR) is 116 cm³/mol. The van der Waals surface area contributed by atoms with Crippen molar-refractivity contribution in [3.63, 3.8) is 0 Å². The number of ether oxygens (including phenoxy) is 1. The third-order valence-corrected chi connectivity index (χ3v) is 4.53. The number of likely N-dealkylation sites (tertiary alicyclic amines) is 1. The number of guanidine groups is 1. The average Bonchev–Trinajstić information content (AvgIpc) is 2.61. The van der Waals surface area contributed by atoms with E-state index in [9.17, 15) is 4.39 Å². The van der Waals surface area contributed by atoms with Crippen LogP contribution in [0.25, 0.3) is 0 Å². The van der Waals surface area contributed by atoms with Crippen molar-refractivity contribution >= 4 is 29.9 Å². The van der Waals surface area contributed by atoms with Gasteiger partial charge in [-0.2, -0.15) is 0 Å². The molecule has 0 saturated carbocycles. The molecule has 1 fully saturated rings. The summed E-state index contributed by atoms with van der Waals surface area (Å²) in [5, 5.41) is 6.81. The van der Waals surface area contributed by atoms with Crippen molar-refractivity contribution in [1.82, 2.24) is 15.5 Å². The lowest BCUT2D eigenvalue weighted by Crippen LogP contribution is -2.50. The number of hydrogen-bond acceptors (Lipinski definition) is 3. The van der Waals surface area contributed by atoms with E-state index >= 15 is 0 Å². The lowest BCUT2D eigenvalue weighted by atomic mass is 10.0. The molecule has 0 amide bonds. The number of nitrogens with zero attached hydrogens (tertiary/aromatic N) is 2. The van der Waals surface area contributed by atoms with Crippen LogP contribution >= 0.6 is 24.0 Å². The van der Waals surface area contributed by atoms with Gasteiger partial charge in [0.15, 0.2) is 5.96 Å². The number of nitrogens with one attached hydrogen (secondary N) is 2. The van der Waals surface area contributed by atoms with Gasteiger partial charge in [-0.25, -0.2) is 4.39 Å². The van der Waals surface area contributed by atoms with Gasteiger partial charge in [-0.05, 0) is 57.9 Å². The van der Waals surface area contributed by atoms with Crippen LogP contribution in [0.2, 0.25) is 0 Å². The molecule has 1 saturated heterocycles. The molecule has 1 unspecified atom stereocenters. The Labute approximate surface area is 173 Å². The quantitative estimate of drug-likeness (QED) is 0.375. The van der Waals surface area contributed by atoms with E-state index in [-0.39, 0.29) is 35.9 Å². The molecule has 1 aliphatic rings. The van der Waals surface area contributed by atoms with E-state index in [1.54, 1.807) is 19.2 Å². The van der Waals surface area contributed by atoms with Crippen molar-refractivity contribution in [3.05, 3.63) is 30.1 Å². The molecule has 0 spiro atoms. The lowest BCUT2D eigenvalue weighted by Gasteiger charge is -2.35.